The molecule has 5 heteroatoms. The number of ether oxygens (including phenoxy) is 1. The Bertz CT molecular complexity index is 473. The number of nitrogens with zero attached hydrogens (tertiary/aromatic N) is 1. The summed E-state index contributed by atoms with van der Waals surface area (Å²) < 4.78 is 5.36. The number of piperidine rings is 1. The molecule has 2 rings (SSSR count). The largest absolute Gasteiger partial charge is 0.494 e. The lowest BCUT2D eigenvalue weighted by Gasteiger charge is -2.31. The lowest BCUT2D eigenvalue weighted by atomic mass is 10.0. The molecule has 1 N–H and O–H groups in total. The third-order valence-electron chi connectivity index (χ3n) is 3.62. The number of hydrogen-bond acceptors (Lipinski definition) is 4. The van der Waals surface area contributed by atoms with Gasteiger partial charge in [0.05, 0.1) is 19.2 Å². The minimum atomic E-state index is -0.121. The van der Waals surface area contributed by atoms with Gasteiger partial charge in [0.2, 0.25) is 5.91 Å². The van der Waals surface area contributed by atoms with Gasteiger partial charge in [-0.25, -0.2) is 0 Å². The van der Waals surface area contributed by atoms with Crippen LogP contribution in [0, 0.1) is 0 Å². The molecule has 1 aromatic rings. The van der Waals surface area contributed by atoms with Crippen LogP contribution in [0.3, 0.4) is 0 Å². The zero-order valence-electron chi connectivity index (χ0n) is 12.4. The summed E-state index contributed by atoms with van der Waals surface area (Å²) in [7, 11) is 0. The summed E-state index contributed by atoms with van der Waals surface area (Å²) in [5.41, 5.74) is 0.739. The summed E-state index contributed by atoms with van der Waals surface area (Å²) >= 11 is 0. The van der Waals surface area contributed by atoms with Crippen molar-refractivity contribution in [2.75, 3.05) is 25.0 Å². The van der Waals surface area contributed by atoms with Crippen LogP contribution < -0.4 is 10.1 Å². The summed E-state index contributed by atoms with van der Waals surface area (Å²) in [4.78, 5) is 25.0. The van der Waals surface area contributed by atoms with Crippen molar-refractivity contribution in [1.82, 2.24) is 4.90 Å². The van der Waals surface area contributed by atoms with Crippen LogP contribution in [0.15, 0.2) is 24.3 Å². The van der Waals surface area contributed by atoms with Crippen LogP contribution in [0.4, 0.5) is 5.69 Å². The molecule has 1 unspecified atom stereocenters. The number of aldehydes is 1. The van der Waals surface area contributed by atoms with E-state index in [9.17, 15) is 9.59 Å². The lowest BCUT2D eigenvalue weighted by molar-refractivity contribution is -0.120. The topological polar surface area (TPSA) is 58.6 Å². The molecule has 1 aromatic carbocycles. The number of nitrogens with one attached hydrogen (secondary N) is 1. The Hall–Kier alpha value is -1.88. The first kappa shape index (κ1) is 15.5. The smallest absolute Gasteiger partial charge is 0.238 e. The molecule has 0 radical (unpaired) electrons. The Balaban J connectivity index is 1.87. The van der Waals surface area contributed by atoms with Crippen molar-refractivity contribution in [2.45, 2.75) is 32.2 Å². The highest BCUT2D eigenvalue weighted by Crippen LogP contribution is 2.17. The fraction of sp³-hybridized carbons (Fsp3) is 0.500. The maximum atomic E-state index is 12.1. The van der Waals surface area contributed by atoms with Gasteiger partial charge < -0.3 is 14.8 Å². The van der Waals surface area contributed by atoms with Crippen LogP contribution in [0.2, 0.25) is 0 Å². The quantitative estimate of drug-likeness (QED) is 0.815. The molecule has 1 atom stereocenters. The monoisotopic (exact) mass is 290 g/mol. The van der Waals surface area contributed by atoms with Gasteiger partial charge in [0.25, 0.3) is 0 Å². The molecule has 0 bridgehead atoms. The predicted molar refractivity (Wildman–Crippen MR) is 81.5 cm³/mol. The molecule has 0 spiro atoms. The number of rotatable bonds is 6. The van der Waals surface area contributed by atoms with Crippen LogP contribution in [0.1, 0.15) is 26.2 Å². The van der Waals surface area contributed by atoms with E-state index in [2.05, 4.69) is 5.32 Å². The fourth-order valence-corrected chi connectivity index (χ4v) is 2.55. The molecule has 1 heterocycles. The van der Waals surface area contributed by atoms with Crippen molar-refractivity contribution in [2.24, 2.45) is 0 Å². The highest BCUT2D eigenvalue weighted by Gasteiger charge is 2.23. The fourth-order valence-electron chi connectivity index (χ4n) is 2.55. The first-order valence-electron chi connectivity index (χ1n) is 7.45. The summed E-state index contributed by atoms with van der Waals surface area (Å²) in [6, 6.07) is 7.17. The average Bonchev–Trinajstić information content (AvgIpc) is 2.50. The summed E-state index contributed by atoms with van der Waals surface area (Å²) in [5.74, 6) is 0.695. The van der Waals surface area contributed by atoms with E-state index in [1.165, 1.54) is 0 Å². The molecule has 0 aromatic heterocycles. The van der Waals surface area contributed by atoms with Crippen molar-refractivity contribution in [3.8, 4) is 5.75 Å². The van der Waals surface area contributed by atoms with Crippen LogP contribution in [0.25, 0.3) is 0 Å². The van der Waals surface area contributed by atoms with Gasteiger partial charge in [-0.1, -0.05) is 6.42 Å². The molecule has 5 nitrogen and oxygen atoms in total. The molecule has 1 amide bonds. The van der Waals surface area contributed by atoms with Gasteiger partial charge in [-0.2, -0.15) is 0 Å². The van der Waals surface area contributed by atoms with E-state index in [1.807, 2.05) is 36.1 Å². The van der Waals surface area contributed by atoms with Crippen LogP contribution in [-0.4, -0.2) is 42.8 Å². The first-order valence-corrected chi connectivity index (χ1v) is 7.45. The number of carbonyl (C=O) groups excluding carboxylic acids is 2. The Morgan fingerprint density at radius 1 is 1.38 bits per heavy atom. The first-order chi connectivity index (χ1) is 10.2. The van der Waals surface area contributed by atoms with Gasteiger partial charge in [0, 0.05) is 5.69 Å². The maximum absolute atomic E-state index is 12.1. The van der Waals surface area contributed by atoms with Crippen LogP contribution in [0.5, 0.6) is 5.75 Å². The van der Waals surface area contributed by atoms with E-state index < -0.39 is 0 Å². The Labute approximate surface area is 125 Å². The molecule has 1 aliphatic rings. The molecule has 0 saturated carbocycles. The zero-order valence-corrected chi connectivity index (χ0v) is 12.4. The standard InChI is InChI=1S/C16H22N2O3/c1-2-21-15-8-6-13(7-9-15)17-16(20)11-18-10-4-3-5-14(18)12-19/h6-9,12,14H,2-5,10-11H2,1H3,(H,17,20). The Morgan fingerprint density at radius 3 is 2.81 bits per heavy atom. The van der Waals surface area contributed by atoms with Crippen molar-refractivity contribution < 1.29 is 14.3 Å². The van der Waals surface area contributed by atoms with Crippen molar-refractivity contribution in [3.05, 3.63) is 24.3 Å². The minimum Gasteiger partial charge on any atom is -0.494 e. The van der Waals surface area contributed by atoms with Crippen molar-refractivity contribution in [1.29, 1.82) is 0 Å². The second kappa shape index (κ2) is 7.78. The van der Waals surface area contributed by atoms with E-state index in [0.29, 0.717) is 6.61 Å². The highest BCUT2D eigenvalue weighted by molar-refractivity contribution is 5.92. The Morgan fingerprint density at radius 2 is 2.14 bits per heavy atom. The number of likely N-dealkylation sites (tertiary alicyclic amines) is 1. The van der Waals surface area contributed by atoms with E-state index in [4.69, 9.17) is 4.74 Å². The van der Waals surface area contributed by atoms with Gasteiger partial charge in [0.15, 0.2) is 0 Å². The van der Waals surface area contributed by atoms with Gasteiger partial charge >= 0.3 is 0 Å². The van der Waals surface area contributed by atoms with Crippen molar-refractivity contribution in [3.63, 3.8) is 0 Å². The molecular weight excluding hydrogens is 268 g/mol. The Kier molecular flexibility index (Phi) is 5.75. The molecular formula is C16H22N2O3. The average molecular weight is 290 g/mol. The van der Waals surface area contributed by atoms with E-state index >= 15 is 0 Å². The third kappa shape index (κ3) is 4.56. The second-order valence-corrected chi connectivity index (χ2v) is 5.18. The highest BCUT2D eigenvalue weighted by atomic mass is 16.5. The normalized spacial score (nSPS) is 19.0. The molecule has 1 saturated heterocycles. The molecule has 114 valence electrons. The van der Waals surface area contributed by atoms with Gasteiger partial charge in [-0.3, -0.25) is 9.69 Å². The zero-order chi connectivity index (χ0) is 15.1. The number of hydrogen-bond donors (Lipinski definition) is 1. The number of benzene rings is 1. The number of carbonyl (C=O) groups is 2. The number of amides is 1. The van der Waals surface area contributed by atoms with E-state index in [-0.39, 0.29) is 18.5 Å². The summed E-state index contributed by atoms with van der Waals surface area (Å²) in [5, 5.41) is 2.85. The maximum Gasteiger partial charge on any atom is 0.238 e. The number of anilines is 1. The third-order valence-corrected chi connectivity index (χ3v) is 3.62. The van der Waals surface area contributed by atoms with Crippen LogP contribution in [-0.2, 0) is 9.59 Å². The molecule has 1 fully saturated rings. The summed E-state index contributed by atoms with van der Waals surface area (Å²) in [6.07, 6.45) is 3.89. The van der Waals surface area contributed by atoms with E-state index in [0.717, 1.165) is 43.5 Å². The summed E-state index contributed by atoms with van der Waals surface area (Å²) in [6.45, 7) is 3.61. The van der Waals surface area contributed by atoms with Crippen molar-refractivity contribution >= 4 is 17.9 Å². The molecule has 21 heavy (non-hydrogen) atoms. The van der Waals surface area contributed by atoms with E-state index in [1.54, 1.807) is 0 Å². The SMILES string of the molecule is CCOc1ccc(NC(=O)CN2CCCCC2C=O)cc1. The predicted octanol–water partition coefficient (Wildman–Crippen LogP) is 2.08. The van der Waals surface area contributed by atoms with Gasteiger partial charge in [-0.05, 0) is 50.6 Å². The lowest BCUT2D eigenvalue weighted by Crippen LogP contribution is -2.44. The minimum absolute atomic E-state index is 0.0899. The van der Waals surface area contributed by atoms with Crippen LogP contribution >= 0.6 is 0 Å². The molecule has 0 aliphatic carbocycles. The molecule has 1 aliphatic heterocycles. The van der Waals surface area contributed by atoms with Gasteiger partial charge in [-0.15, -0.1) is 0 Å². The second-order valence-electron chi connectivity index (χ2n) is 5.18. The van der Waals surface area contributed by atoms with Gasteiger partial charge in [0.1, 0.15) is 12.0 Å².